The molecule has 2 aromatic rings. The van der Waals surface area contributed by atoms with Crippen molar-refractivity contribution in [3.63, 3.8) is 0 Å². The van der Waals surface area contributed by atoms with E-state index in [1.807, 2.05) is 38.1 Å². The molecule has 1 heterocycles. The van der Waals surface area contributed by atoms with Gasteiger partial charge < -0.3 is 5.73 Å². The smallest absolute Gasteiger partial charge is 0.348 e. The Balaban J connectivity index is 2.43. The van der Waals surface area contributed by atoms with E-state index in [1.54, 1.807) is 4.57 Å². The first-order chi connectivity index (χ1) is 8.47. The van der Waals surface area contributed by atoms with Gasteiger partial charge in [0.05, 0.1) is 6.54 Å². The van der Waals surface area contributed by atoms with E-state index in [1.165, 1.54) is 0 Å². The first-order valence-electron chi connectivity index (χ1n) is 5.56. The topological polar surface area (TPSA) is 60.9 Å². The summed E-state index contributed by atoms with van der Waals surface area (Å²) >= 11 is 3.45. The van der Waals surface area contributed by atoms with Gasteiger partial charge in [0.1, 0.15) is 0 Å². The normalized spacial score (nSPS) is 10.6. The zero-order valence-electron chi connectivity index (χ0n) is 10.3. The van der Waals surface area contributed by atoms with Crippen molar-refractivity contribution < 1.29 is 0 Å². The molecule has 2 N–H and O–H groups in total. The number of aromatic nitrogens is 2. The molecule has 0 aliphatic carbocycles. The molecule has 0 spiro atoms. The van der Waals surface area contributed by atoms with Crippen LogP contribution in [0.25, 0.3) is 0 Å². The van der Waals surface area contributed by atoms with E-state index in [0.29, 0.717) is 12.2 Å². The molecule has 1 aromatic carbocycles. The minimum atomic E-state index is -0.226. The van der Waals surface area contributed by atoms with Crippen molar-refractivity contribution in [3.8, 4) is 0 Å². The molecule has 0 radical (unpaired) electrons. The van der Waals surface area contributed by atoms with Crippen LogP contribution in [0.4, 0.5) is 5.69 Å². The van der Waals surface area contributed by atoms with Gasteiger partial charge in [0.15, 0.2) is 0 Å². The predicted octanol–water partition coefficient (Wildman–Crippen LogP) is 2.25. The summed E-state index contributed by atoms with van der Waals surface area (Å²) < 4.78 is 2.54. The maximum atomic E-state index is 11.9. The van der Waals surface area contributed by atoms with Gasteiger partial charge in [-0.2, -0.15) is 4.98 Å². The van der Waals surface area contributed by atoms with E-state index >= 15 is 0 Å². The maximum absolute atomic E-state index is 11.9. The highest BCUT2D eigenvalue weighted by molar-refractivity contribution is 9.10. The largest absolute Gasteiger partial charge is 0.399 e. The minimum Gasteiger partial charge on any atom is -0.399 e. The molecule has 2 rings (SSSR count). The van der Waals surface area contributed by atoms with Crippen molar-refractivity contribution in [2.45, 2.75) is 20.4 Å². The number of anilines is 1. The van der Waals surface area contributed by atoms with E-state index < -0.39 is 0 Å². The fourth-order valence-corrected chi connectivity index (χ4v) is 2.35. The van der Waals surface area contributed by atoms with Crippen molar-refractivity contribution in [1.29, 1.82) is 0 Å². The lowest BCUT2D eigenvalue weighted by molar-refractivity contribution is 0.692. The molecule has 0 fully saturated rings. The second kappa shape index (κ2) is 4.94. The van der Waals surface area contributed by atoms with Gasteiger partial charge >= 0.3 is 5.69 Å². The Morgan fingerprint density at radius 1 is 1.33 bits per heavy atom. The van der Waals surface area contributed by atoms with Gasteiger partial charge in [0.2, 0.25) is 0 Å². The van der Waals surface area contributed by atoms with Crippen LogP contribution in [0, 0.1) is 13.8 Å². The molecular weight excluding hydrogens is 294 g/mol. The van der Waals surface area contributed by atoms with E-state index in [0.717, 1.165) is 21.4 Å². The fourth-order valence-electron chi connectivity index (χ4n) is 1.83. The summed E-state index contributed by atoms with van der Waals surface area (Å²) in [5.74, 6) is 0. The molecule has 0 bridgehead atoms. The molecule has 5 heteroatoms. The lowest BCUT2D eigenvalue weighted by atomic mass is 10.2. The third-order valence-electron chi connectivity index (χ3n) is 2.75. The minimum absolute atomic E-state index is 0.226. The highest BCUT2D eigenvalue weighted by Crippen LogP contribution is 2.20. The van der Waals surface area contributed by atoms with Gasteiger partial charge in [-0.3, -0.25) is 4.57 Å². The van der Waals surface area contributed by atoms with E-state index in [-0.39, 0.29) is 5.69 Å². The Morgan fingerprint density at radius 3 is 2.67 bits per heavy atom. The van der Waals surface area contributed by atoms with Crippen molar-refractivity contribution in [2.24, 2.45) is 0 Å². The Hall–Kier alpha value is -1.62. The molecule has 0 saturated carbocycles. The highest BCUT2D eigenvalue weighted by Gasteiger charge is 2.06. The van der Waals surface area contributed by atoms with Crippen LogP contribution < -0.4 is 11.4 Å². The van der Waals surface area contributed by atoms with E-state index in [2.05, 4.69) is 20.9 Å². The number of nitrogen functional groups attached to an aromatic ring is 1. The van der Waals surface area contributed by atoms with Crippen LogP contribution in [0.3, 0.4) is 0 Å². The monoisotopic (exact) mass is 307 g/mol. The van der Waals surface area contributed by atoms with Crippen LogP contribution in [0.2, 0.25) is 0 Å². The molecule has 0 aliphatic heterocycles. The number of benzene rings is 1. The van der Waals surface area contributed by atoms with Crippen LogP contribution in [0.1, 0.15) is 17.0 Å². The van der Waals surface area contributed by atoms with Gasteiger partial charge in [-0.25, -0.2) is 4.79 Å². The molecule has 18 heavy (non-hydrogen) atoms. The molecule has 0 amide bonds. The number of nitrogens with zero attached hydrogens (tertiary/aromatic N) is 2. The summed E-state index contributed by atoms with van der Waals surface area (Å²) in [5.41, 5.74) is 8.80. The Bertz CT molecular complexity index is 649. The fraction of sp³-hybridized carbons (Fsp3) is 0.231. The Kier molecular flexibility index (Phi) is 3.52. The van der Waals surface area contributed by atoms with Gasteiger partial charge in [0, 0.05) is 21.5 Å². The van der Waals surface area contributed by atoms with Crippen molar-refractivity contribution >= 4 is 21.6 Å². The van der Waals surface area contributed by atoms with Crippen LogP contribution in [0.5, 0.6) is 0 Å². The quantitative estimate of drug-likeness (QED) is 0.866. The highest BCUT2D eigenvalue weighted by atomic mass is 79.9. The number of rotatable bonds is 2. The average Bonchev–Trinajstić information content (AvgIpc) is 2.25. The molecule has 4 nitrogen and oxygen atoms in total. The summed E-state index contributed by atoms with van der Waals surface area (Å²) in [6.07, 6.45) is 0. The summed E-state index contributed by atoms with van der Waals surface area (Å²) in [4.78, 5) is 15.8. The standard InChI is InChI=1S/C13H14BrN3O/c1-8-5-9(2)17(13(18)16-8)7-10-3-4-11(15)6-12(10)14/h3-6H,7,15H2,1-2H3. The number of halogens is 1. The van der Waals surface area contributed by atoms with Gasteiger partial charge in [-0.15, -0.1) is 0 Å². The van der Waals surface area contributed by atoms with Gasteiger partial charge in [-0.05, 0) is 37.6 Å². The lowest BCUT2D eigenvalue weighted by Gasteiger charge is -2.11. The zero-order chi connectivity index (χ0) is 13.3. The van der Waals surface area contributed by atoms with Crippen molar-refractivity contribution in [3.05, 3.63) is 56.2 Å². The summed E-state index contributed by atoms with van der Waals surface area (Å²) in [7, 11) is 0. The van der Waals surface area contributed by atoms with Crippen molar-refractivity contribution in [2.75, 3.05) is 5.73 Å². The van der Waals surface area contributed by atoms with E-state index in [4.69, 9.17) is 5.73 Å². The third-order valence-corrected chi connectivity index (χ3v) is 3.49. The number of hydrogen-bond donors (Lipinski definition) is 1. The van der Waals surface area contributed by atoms with E-state index in [9.17, 15) is 4.79 Å². The molecular formula is C13H14BrN3O. The molecule has 0 atom stereocenters. The molecule has 0 aliphatic rings. The van der Waals surface area contributed by atoms with Crippen LogP contribution in [0.15, 0.2) is 33.5 Å². The maximum Gasteiger partial charge on any atom is 0.348 e. The Labute approximate surface area is 114 Å². The summed E-state index contributed by atoms with van der Waals surface area (Å²) in [6, 6.07) is 7.46. The van der Waals surface area contributed by atoms with Crippen LogP contribution in [-0.2, 0) is 6.54 Å². The van der Waals surface area contributed by atoms with Gasteiger partial charge in [0.25, 0.3) is 0 Å². The average molecular weight is 308 g/mol. The zero-order valence-corrected chi connectivity index (χ0v) is 11.9. The van der Waals surface area contributed by atoms with Crippen LogP contribution >= 0.6 is 15.9 Å². The number of hydrogen-bond acceptors (Lipinski definition) is 3. The molecule has 1 aromatic heterocycles. The number of aryl methyl sites for hydroxylation is 2. The molecule has 94 valence electrons. The van der Waals surface area contributed by atoms with Crippen LogP contribution in [-0.4, -0.2) is 9.55 Å². The second-order valence-corrected chi connectivity index (χ2v) is 5.11. The summed E-state index contributed by atoms with van der Waals surface area (Å²) in [5, 5.41) is 0. The SMILES string of the molecule is Cc1cc(C)n(Cc2ccc(N)cc2Br)c(=O)n1. The first kappa shape index (κ1) is 12.8. The lowest BCUT2D eigenvalue weighted by Crippen LogP contribution is -2.26. The number of nitrogens with two attached hydrogens (primary N) is 1. The Morgan fingerprint density at radius 2 is 2.06 bits per heavy atom. The third kappa shape index (κ3) is 2.61. The van der Waals surface area contributed by atoms with Crippen molar-refractivity contribution in [1.82, 2.24) is 9.55 Å². The molecule has 0 saturated heterocycles. The second-order valence-electron chi connectivity index (χ2n) is 4.26. The molecule has 0 unspecified atom stereocenters. The van der Waals surface area contributed by atoms with Gasteiger partial charge in [-0.1, -0.05) is 22.0 Å². The summed E-state index contributed by atoms with van der Waals surface area (Å²) in [6.45, 7) is 4.21. The first-order valence-corrected chi connectivity index (χ1v) is 6.35. The predicted molar refractivity (Wildman–Crippen MR) is 75.6 cm³/mol.